The van der Waals surface area contributed by atoms with Crippen LogP contribution in [0.4, 0.5) is 0 Å². The lowest BCUT2D eigenvalue weighted by molar-refractivity contribution is 0.361. The lowest BCUT2D eigenvalue weighted by Crippen LogP contribution is -2.50. The molecule has 0 aromatic carbocycles. The Hall–Kier alpha value is -0.120. The molecule has 3 unspecified atom stereocenters. The summed E-state index contributed by atoms with van der Waals surface area (Å²) in [5.74, 6) is 0.866. The molecular formula is C7H16N2O. The fraction of sp³-hybridized carbons (Fsp3) is 1.00. The highest BCUT2D eigenvalue weighted by atomic mass is 16.0. The van der Waals surface area contributed by atoms with Crippen molar-refractivity contribution in [2.45, 2.75) is 37.3 Å². The molecule has 3 heteroatoms. The molecule has 2 aliphatic carbocycles. The normalized spacial score (nSPS) is 51.0. The van der Waals surface area contributed by atoms with Crippen LogP contribution in [0.15, 0.2) is 0 Å². The minimum absolute atomic E-state index is 0. The van der Waals surface area contributed by atoms with Crippen molar-refractivity contribution in [2.75, 3.05) is 0 Å². The molecule has 2 rings (SSSR count). The predicted octanol–water partition coefficient (Wildman–Crippen LogP) is -0.610. The van der Waals surface area contributed by atoms with Crippen molar-refractivity contribution >= 4 is 0 Å². The number of rotatable bonds is 0. The van der Waals surface area contributed by atoms with Crippen LogP contribution in [0.5, 0.6) is 0 Å². The molecule has 0 heterocycles. The third kappa shape index (κ3) is 0.856. The maximum absolute atomic E-state index is 6.02. The maximum atomic E-state index is 6.02. The van der Waals surface area contributed by atoms with E-state index in [9.17, 15) is 0 Å². The van der Waals surface area contributed by atoms with Gasteiger partial charge in [0.25, 0.3) is 0 Å². The van der Waals surface area contributed by atoms with Crippen LogP contribution in [-0.4, -0.2) is 17.1 Å². The molecular weight excluding hydrogens is 128 g/mol. The van der Waals surface area contributed by atoms with Gasteiger partial charge in [0.2, 0.25) is 0 Å². The SMILES string of the molecule is NC1CC2CCC1(N)C2.O. The molecule has 0 radical (unpaired) electrons. The van der Waals surface area contributed by atoms with Crippen molar-refractivity contribution in [1.82, 2.24) is 0 Å². The number of hydrogen-bond donors (Lipinski definition) is 2. The fourth-order valence-electron chi connectivity index (χ4n) is 2.35. The highest BCUT2D eigenvalue weighted by molar-refractivity contribution is 5.07. The van der Waals surface area contributed by atoms with E-state index < -0.39 is 0 Å². The van der Waals surface area contributed by atoms with Gasteiger partial charge in [-0.25, -0.2) is 0 Å². The Bertz CT molecular complexity index is 140. The first kappa shape index (κ1) is 7.98. The van der Waals surface area contributed by atoms with Crippen molar-refractivity contribution in [3.8, 4) is 0 Å². The Kier molecular flexibility index (Phi) is 1.75. The quantitative estimate of drug-likeness (QED) is 0.475. The lowest BCUT2D eigenvalue weighted by Gasteiger charge is -2.27. The zero-order valence-corrected chi connectivity index (χ0v) is 6.14. The molecule has 2 saturated carbocycles. The first-order chi connectivity index (χ1) is 4.21. The van der Waals surface area contributed by atoms with E-state index in [0.717, 1.165) is 5.92 Å². The number of fused-ring (bicyclic) bond motifs is 2. The van der Waals surface area contributed by atoms with Gasteiger partial charge in [-0.2, -0.15) is 0 Å². The minimum Gasteiger partial charge on any atom is -0.412 e. The molecule has 3 nitrogen and oxygen atoms in total. The van der Waals surface area contributed by atoms with Crippen molar-refractivity contribution < 1.29 is 5.48 Å². The summed E-state index contributed by atoms with van der Waals surface area (Å²) in [6.07, 6.45) is 4.85. The first-order valence-corrected chi connectivity index (χ1v) is 3.75. The van der Waals surface area contributed by atoms with Crippen LogP contribution in [0.1, 0.15) is 25.7 Å². The van der Waals surface area contributed by atoms with E-state index >= 15 is 0 Å². The zero-order chi connectivity index (χ0) is 6.48. The molecule has 60 valence electrons. The maximum Gasteiger partial charge on any atom is 0.0310 e. The van der Waals surface area contributed by atoms with Crippen LogP contribution in [0, 0.1) is 5.92 Å². The summed E-state index contributed by atoms with van der Waals surface area (Å²) in [6, 6.07) is 0.302. The van der Waals surface area contributed by atoms with Gasteiger partial charge in [-0.15, -0.1) is 0 Å². The minimum atomic E-state index is 0. The predicted molar refractivity (Wildman–Crippen MR) is 40.5 cm³/mol. The Balaban J connectivity index is 0.000000500. The number of hydrogen-bond acceptors (Lipinski definition) is 2. The standard InChI is InChI=1S/C7H14N2.H2O/c8-6-3-5-1-2-7(6,9)4-5;/h5-6H,1-4,8-9H2;1H2. The Labute approximate surface area is 61.1 Å². The highest BCUT2D eigenvalue weighted by Crippen LogP contribution is 2.44. The van der Waals surface area contributed by atoms with Crippen LogP contribution in [0.3, 0.4) is 0 Å². The van der Waals surface area contributed by atoms with E-state index in [1.54, 1.807) is 0 Å². The van der Waals surface area contributed by atoms with Crippen molar-refractivity contribution in [1.29, 1.82) is 0 Å². The smallest absolute Gasteiger partial charge is 0.0310 e. The fourth-order valence-corrected chi connectivity index (χ4v) is 2.35. The Morgan fingerprint density at radius 3 is 2.30 bits per heavy atom. The molecule has 0 aromatic heterocycles. The molecule has 2 bridgehead atoms. The van der Waals surface area contributed by atoms with Crippen LogP contribution < -0.4 is 11.5 Å². The van der Waals surface area contributed by atoms with Gasteiger partial charge in [-0.1, -0.05) is 0 Å². The number of nitrogens with two attached hydrogens (primary N) is 2. The highest BCUT2D eigenvalue weighted by Gasteiger charge is 2.47. The summed E-state index contributed by atoms with van der Waals surface area (Å²) in [7, 11) is 0. The van der Waals surface area contributed by atoms with Gasteiger partial charge < -0.3 is 16.9 Å². The van der Waals surface area contributed by atoms with Gasteiger partial charge >= 0.3 is 0 Å². The molecule has 0 aliphatic heterocycles. The van der Waals surface area contributed by atoms with E-state index in [4.69, 9.17) is 11.5 Å². The molecule has 0 saturated heterocycles. The molecule has 3 atom stereocenters. The average Bonchev–Trinajstić information content (AvgIpc) is 2.22. The molecule has 0 amide bonds. The van der Waals surface area contributed by atoms with E-state index in [0.29, 0.717) is 6.04 Å². The topological polar surface area (TPSA) is 83.5 Å². The van der Waals surface area contributed by atoms with Crippen LogP contribution in [0.2, 0.25) is 0 Å². The van der Waals surface area contributed by atoms with Crippen molar-refractivity contribution in [2.24, 2.45) is 17.4 Å². The van der Waals surface area contributed by atoms with Gasteiger partial charge in [-0.05, 0) is 31.6 Å². The lowest BCUT2D eigenvalue weighted by atomic mass is 9.90. The second-order valence-corrected chi connectivity index (χ2v) is 3.68. The zero-order valence-electron chi connectivity index (χ0n) is 6.14. The van der Waals surface area contributed by atoms with Crippen LogP contribution >= 0.6 is 0 Å². The molecule has 0 aromatic rings. The molecule has 2 aliphatic rings. The molecule has 6 N–H and O–H groups in total. The van der Waals surface area contributed by atoms with Gasteiger partial charge in [0.05, 0.1) is 0 Å². The van der Waals surface area contributed by atoms with Gasteiger partial charge in [0.1, 0.15) is 0 Å². The molecule has 2 fully saturated rings. The van der Waals surface area contributed by atoms with E-state index in [1.807, 2.05) is 0 Å². The third-order valence-electron chi connectivity index (χ3n) is 3.01. The van der Waals surface area contributed by atoms with E-state index in [-0.39, 0.29) is 11.0 Å². The summed E-state index contributed by atoms with van der Waals surface area (Å²) in [6.45, 7) is 0. The van der Waals surface area contributed by atoms with E-state index in [1.165, 1.54) is 25.7 Å². The van der Waals surface area contributed by atoms with Gasteiger partial charge in [0, 0.05) is 11.6 Å². The van der Waals surface area contributed by atoms with Crippen LogP contribution in [0.25, 0.3) is 0 Å². The Morgan fingerprint density at radius 1 is 1.40 bits per heavy atom. The van der Waals surface area contributed by atoms with Crippen LogP contribution in [-0.2, 0) is 0 Å². The largest absolute Gasteiger partial charge is 0.412 e. The van der Waals surface area contributed by atoms with E-state index in [2.05, 4.69) is 0 Å². The second-order valence-electron chi connectivity index (χ2n) is 3.68. The molecule has 10 heavy (non-hydrogen) atoms. The van der Waals surface area contributed by atoms with Gasteiger partial charge in [0.15, 0.2) is 0 Å². The van der Waals surface area contributed by atoms with Crippen molar-refractivity contribution in [3.63, 3.8) is 0 Å². The summed E-state index contributed by atoms with van der Waals surface area (Å²) in [5, 5.41) is 0. The second kappa shape index (κ2) is 2.19. The Morgan fingerprint density at radius 2 is 2.10 bits per heavy atom. The third-order valence-corrected chi connectivity index (χ3v) is 3.01. The molecule has 0 spiro atoms. The monoisotopic (exact) mass is 144 g/mol. The summed E-state index contributed by atoms with van der Waals surface area (Å²) in [4.78, 5) is 0. The van der Waals surface area contributed by atoms with Gasteiger partial charge in [-0.3, -0.25) is 0 Å². The van der Waals surface area contributed by atoms with Crippen molar-refractivity contribution in [3.05, 3.63) is 0 Å². The summed E-state index contributed by atoms with van der Waals surface area (Å²) >= 11 is 0. The first-order valence-electron chi connectivity index (χ1n) is 3.75. The summed E-state index contributed by atoms with van der Waals surface area (Å²) in [5.41, 5.74) is 11.9. The average molecular weight is 144 g/mol. The summed E-state index contributed by atoms with van der Waals surface area (Å²) < 4.78 is 0.